The van der Waals surface area contributed by atoms with Gasteiger partial charge < -0.3 is 14.3 Å². The summed E-state index contributed by atoms with van der Waals surface area (Å²) in [7, 11) is 1.66. The van der Waals surface area contributed by atoms with Crippen LogP contribution in [0, 0.1) is 5.92 Å². The van der Waals surface area contributed by atoms with Gasteiger partial charge in [0.2, 0.25) is 6.29 Å². The Morgan fingerprint density at radius 3 is 2.60 bits per heavy atom. The van der Waals surface area contributed by atoms with Crippen LogP contribution in [0.15, 0.2) is 23.5 Å². The molecule has 0 radical (unpaired) electrons. The average molecular weight is 350 g/mol. The first-order valence-corrected chi connectivity index (χ1v) is 9.68. The van der Waals surface area contributed by atoms with Crippen molar-refractivity contribution in [3.63, 3.8) is 0 Å². The number of aldehydes is 1. The number of carbonyl (C=O) groups excluding carboxylic acids is 2. The van der Waals surface area contributed by atoms with Crippen LogP contribution < -0.4 is 0 Å². The van der Waals surface area contributed by atoms with Crippen LogP contribution >= 0.6 is 0 Å². The molecule has 4 nitrogen and oxygen atoms in total. The van der Waals surface area contributed by atoms with Gasteiger partial charge >= 0.3 is 0 Å². The van der Waals surface area contributed by atoms with E-state index in [-0.39, 0.29) is 18.0 Å². The monoisotopic (exact) mass is 350 g/mol. The maximum atomic E-state index is 12.0. The molecule has 2 atom stereocenters. The van der Waals surface area contributed by atoms with Gasteiger partial charge in [-0.05, 0) is 37.8 Å². The summed E-state index contributed by atoms with van der Waals surface area (Å²) >= 11 is 0. The zero-order valence-electron chi connectivity index (χ0n) is 16.1. The molecule has 1 heterocycles. The van der Waals surface area contributed by atoms with Crippen molar-refractivity contribution in [1.29, 1.82) is 0 Å². The summed E-state index contributed by atoms with van der Waals surface area (Å²) in [6, 6.07) is 0. The van der Waals surface area contributed by atoms with E-state index >= 15 is 0 Å². The maximum Gasteiger partial charge on any atom is 0.206 e. The SMILES string of the molecule is CCCCCC(=O)/C=C/C1=C(C)O[C@@H](OC)[C@@H]1CCCCCCC=O. The molecule has 1 rings (SSSR count). The molecule has 0 saturated carbocycles. The first-order valence-electron chi connectivity index (χ1n) is 9.68. The first kappa shape index (κ1) is 21.6. The van der Waals surface area contributed by atoms with Gasteiger partial charge in [-0.1, -0.05) is 45.1 Å². The van der Waals surface area contributed by atoms with Crippen LogP contribution in [0.5, 0.6) is 0 Å². The van der Waals surface area contributed by atoms with E-state index in [9.17, 15) is 9.59 Å². The fourth-order valence-corrected chi connectivity index (χ4v) is 3.24. The van der Waals surface area contributed by atoms with Crippen molar-refractivity contribution >= 4 is 12.1 Å². The molecule has 25 heavy (non-hydrogen) atoms. The quantitative estimate of drug-likeness (QED) is 0.248. The minimum absolute atomic E-state index is 0.177. The molecule has 0 spiro atoms. The summed E-state index contributed by atoms with van der Waals surface area (Å²) in [5, 5.41) is 0. The van der Waals surface area contributed by atoms with Crippen LogP contribution in [-0.2, 0) is 19.1 Å². The lowest BCUT2D eigenvalue weighted by Gasteiger charge is -2.18. The van der Waals surface area contributed by atoms with Gasteiger partial charge in [0.1, 0.15) is 12.0 Å². The van der Waals surface area contributed by atoms with Crippen molar-refractivity contribution in [3.8, 4) is 0 Å². The second-order valence-corrected chi connectivity index (χ2v) is 6.75. The van der Waals surface area contributed by atoms with E-state index in [0.717, 1.165) is 69.0 Å². The highest BCUT2D eigenvalue weighted by Gasteiger charge is 2.33. The predicted molar refractivity (Wildman–Crippen MR) is 100 cm³/mol. The van der Waals surface area contributed by atoms with Crippen LogP contribution in [-0.4, -0.2) is 25.5 Å². The molecule has 0 aromatic rings. The zero-order chi connectivity index (χ0) is 18.5. The van der Waals surface area contributed by atoms with E-state index in [0.29, 0.717) is 12.8 Å². The smallest absolute Gasteiger partial charge is 0.206 e. The molecule has 1 aliphatic rings. The van der Waals surface area contributed by atoms with Crippen molar-refractivity contribution < 1.29 is 19.1 Å². The molecule has 142 valence electrons. The highest BCUT2D eigenvalue weighted by Crippen LogP contribution is 2.36. The molecule has 0 bridgehead atoms. The zero-order valence-corrected chi connectivity index (χ0v) is 16.1. The fourth-order valence-electron chi connectivity index (χ4n) is 3.24. The Morgan fingerprint density at radius 2 is 1.92 bits per heavy atom. The Hall–Kier alpha value is -1.42. The third kappa shape index (κ3) is 8.00. The van der Waals surface area contributed by atoms with Crippen LogP contribution in [0.25, 0.3) is 0 Å². The lowest BCUT2D eigenvalue weighted by molar-refractivity contribution is -0.114. The molecule has 0 aliphatic carbocycles. The number of carbonyl (C=O) groups is 2. The van der Waals surface area contributed by atoms with Crippen molar-refractivity contribution in [3.05, 3.63) is 23.5 Å². The number of hydrogen-bond acceptors (Lipinski definition) is 4. The summed E-state index contributed by atoms with van der Waals surface area (Å²) < 4.78 is 11.3. The molecule has 4 heteroatoms. The summed E-state index contributed by atoms with van der Waals surface area (Å²) in [5.41, 5.74) is 1.09. The number of allylic oxidation sites excluding steroid dienone is 3. The minimum atomic E-state index is -0.259. The van der Waals surface area contributed by atoms with Crippen molar-refractivity contribution in [2.24, 2.45) is 5.92 Å². The molecule has 0 N–H and O–H groups in total. The van der Waals surface area contributed by atoms with E-state index in [1.54, 1.807) is 13.2 Å². The number of methoxy groups -OCH3 is 1. The van der Waals surface area contributed by atoms with Crippen LogP contribution in [0.1, 0.15) is 78.1 Å². The topological polar surface area (TPSA) is 52.6 Å². The van der Waals surface area contributed by atoms with Crippen LogP contribution in [0.2, 0.25) is 0 Å². The Balaban J connectivity index is 2.53. The van der Waals surface area contributed by atoms with E-state index < -0.39 is 0 Å². The Morgan fingerprint density at radius 1 is 1.16 bits per heavy atom. The molecule has 0 amide bonds. The summed E-state index contributed by atoms with van der Waals surface area (Å²) in [5.74, 6) is 1.22. The van der Waals surface area contributed by atoms with Gasteiger partial charge in [0, 0.05) is 25.9 Å². The minimum Gasteiger partial charge on any atom is -0.469 e. The summed E-state index contributed by atoms with van der Waals surface area (Å²) in [4.78, 5) is 22.3. The highest BCUT2D eigenvalue weighted by molar-refractivity contribution is 5.90. The van der Waals surface area contributed by atoms with E-state index in [1.807, 2.05) is 13.0 Å². The van der Waals surface area contributed by atoms with Gasteiger partial charge in [-0.2, -0.15) is 0 Å². The van der Waals surface area contributed by atoms with Crippen molar-refractivity contribution in [1.82, 2.24) is 0 Å². The maximum absolute atomic E-state index is 12.0. The first-order chi connectivity index (χ1) is 12.1. The molecule has 0 aromatic heterocycles. The van der Waals surface area contributed by atoms with Crippen LogP contribution in [0.4, 0.5) is 0 Å². The summed E-state index contributed by atoms with van der Waals surface area (Å²) in [6.45, 7) is 4.08. The molecule has 0 fully saturated rings. The highest BCUT2D eigenvalue weighted by atomic mass is 16.7. The Bertz CT molecular complexity index is 465. The van der Waals surface area contributed by atoms with Crippen molar-refractivity contribution in [2.75, 3.05) is 7.11 Å². The lowest BCUT2D eigenvalue weighted by Crippen LogP contribution is -2.20. The molecule has 0 saturated heterocycles. The Labute approximate surface area is 152 Å². The van der Waals surface area contributed by atoms with Crippen LogP contribution in [0.3, 0.4) is 0 Å². The van der Waals surface area contributed by atoms with Gasteiger partial charge in [-0.3, -0.25) is 4.79 Å². The third-order valence-corrected chi connectivity index (χ3v) is 4.72. The third-order valence-electron chi connectivity index (χ3n) is 4.72. The molecule has 0 unspecified atom stereocenters. The number of rotatable bonds is 14. The summed E-state index contributed by atoms with van der Waals surface area (Å²) in [6.07, 6.45) is 14.0. The molecule has 0 aromatic carbocycles. The van der Waals surface area contributed by atoms with E-state index in [1.165, 1.54) is 0 Å². The predicted octanol–water partition coefficient (Wildman–Crippen LogP) is 5.12. The lowest BCUT2D eigenvalue weighted by atomic mass is 9.92. The average Bonchev–Trinajstić information content (AvgIpc) is 2.91. The second kappa shape index (κ2) is 12.9. The number of ketones is 1. The van der Waals surface area contributed by atoms with Gasteiger partial charge in [0.05, 0.1) is 0 Å². The van der Waals surface area contributed by atoms with Gasteiger partial charge in [0.15, 0.2) is 5.78 Å². The Kier molecular flexibility index (Phi) is 11.1. The number of hydrogen-bond donors (Lipinski definition) is 0. The van der Waals surface area contributed by atoms with Gasteiger partial charge in [-0.15, -0.1) is 0 Å². The number of ether oxygens (including phenoxy) is 2. The standard InChI is InChI=1S/C21H34O4/c1-4-5-9-12-18(23)14-15-19-17(2)25-21(24-3)20(19)13-10-7-6-8-11-16-22/h14-16,20-21H,4-13H2,1-3H3/b15-14+/t20-,21-/m1/s1. The van der Waals surface area contributed by atoms with Crippen molar-refractivity contribution in [2.45, 2.75) is 84.3 Å². The molecular formula is C21H34O4. The molecular weight excluding hydrogens is 316 g/mol. The van der Waals surface area contributed by atoms with Gasteiger partial charge in [-0.25, -0.2) is 0 Å². The van der Waals surface area contributed by atoms with E-state index in [2.05, 4.69) is 6.92 Å². The second-order valence-electron chi connectivity index (χ2n) is 6.75. The normalized spacial score (nSPS) is 20.3. The molecule has 1 aliphatic heterocycles. The van der Waals surface area contributed by atoms with Gasteiger partial charge in [0.25, 0.3) is 0 Å². The largest absolute Gasteiger partial charge is 0.469 e. The number of unbranched alkanes of at least 4 members (excludes halogenated alkanes) is 6. The van der Waals surface area contributed by atoms with E-state index in [4.69, 9.17) is 9.47 Å². The fraction of sp³-hybridized carbons (Fsp3) is 0.714.